The van der Waals surface area contributed by atoms with Crippen molar-refractivity contribution in [1.29, 1.82) is 0 Å². The monoisotopic (exact) mass is 254 g/mol. The Morgan fingerprint density at radius 3 is 2.71 bits per heavy atom. The Kier molecular flexibility index (Phi) is 2.23. The summed E-state index contributed by atoms with van der Waals surface area (Å²) in [4.78, 5) is 4.29. The molecule has 0 aliphatic heterocycles. The first-order valence-corrected chi connectivity index (χ1v) is 5.16. The minimum atomic E-state index is 0.556. The molecule has 4 heteroatoms. The average Bonchev–Trinajstić information content (AvgIpc) is 2.57. The van der Waals surface area contributed by atoms with Gasteiger partial charge in [-0.3, -0.25) is 0 Å². The van der Waals surface area contributed by atoms with Crippen LogP contribution < -0.4 is 5.32 Å². The first kappa shape index (κ1) is 9.52. The number of anilines is 1. The molecule has 1 N–H and O–H groups in total. The van der Waals surface area contributed by atoms with E-state index in [1.807, 2.05) is 13.0 Å². The summed E-state index contributed by atoms with van der Waals surface area (Å²) in [7, 11) is 1.79. The number of benzene rings is 1. The van der Waals surface area contributed by atoms with Gasteiger partial charge in [0.1, 0.15) is 5.52 Å². The second-order valence-electron chi connectivity index (χ2n) is 3.23. The van der Waals surface area contributed by atoms with Crippen molar-refractivity contribution in [1.82, 2.24) is 4.98 Å². The highest BCUT2D eigenvalue weighted by atomic mass is 79.9. The molecule has 1 aromatic carbocycles. The molecule has 0 atom stereocenters. The van der Waals surface area contributed by atoms with E-state index in [1.165, 1.54) is 5.56 Å². The molecule has 14 heavy (non-hydrogen) atoms. The maximum atomic E-state index is 5.54. The Morgan fingerprint density at radius 1 is 1.36 bits per heavy atom. The lowest BCUT2D eigenvalue weighted by molar-refractivity contribution is 0.617. The summed E-state index contributed by atoms with van der Waals surface area (Å²) >= 11 is 3.50. The third kappa shape index (κ3) is 1.30. The summed E-state index contributed by atoms with van der Waals surface area (Å²) in [5.74, 6) is 0. The predicted octanol–water partition coefficient (Wildman–Crippen LogP) is 3.25. The van der Waals surface area contributed by atoms with Crippen molar-refractivity contribution in [2.45, 2.75) is 13.8 Å². The molecule has 0 radical (unpaired) electrons. The zero-order valence-electron chi connectivity index (χ0n) is 8.31. The Hall–Kier alpha value is -1.03. The lowest BCUT2D eigenvalue weighted by atomic mass is 10.1. The van der Waals surface area contributed by atoms with E-state index in [0.29, 0.717) is 6.01 Å². The van der Waals surface area contributed by atoms with Gasteiger partial charge in [-0.05, 0) is 31.0 Å². The van der Waals surface area contributed by atoms with Gasteiger partial charge in [-0.1, -0.05) is 15.9 Å². The van der Waals surface area contributed by atoms with Gasteiger partial charge in [0.05, 0.1) is 0 Å². The highest BCUT2D eigenvalue weighted by molar-refractivity contribution is 9.10. The van der Waals surface area contributed by atoms with Gasteiger partial charge in [-0.2, -0.15) is 4.98 Å². The van der Waals surface area contributed by atoms with Gasteiger partial charge in [-0.25, -0.2) is 0 Å². The zero-order chi connectivity index (χ0) is 10.3. The Morgan fingerprint density at radius 2 is 2.07 bits per heavy atom. The van der Waals surface area contributed by atoms with Crippen LogP contribution in [0.15, 0.2) is 15.0 Å². The molecular formula is C10H11BrN2O. The van der Waals surface area contributed by atoms with E-state index in [2.05, 4.69) is 33.2 Å². The Labute approximate surface area is 90.6 Å². The molecule has 3 nitrogen and oxygen atoms in total. The van der Waals surface area contributed by atoms with Crippen LogP contribution in [0.5, 0.6) is 0 Å². The van der Waals surface area contributed by atoms with E-state index in [1.54, 1.807) is 7.05 Å². The predicted molar refractivity (Wildman–Crippen MR) is 60.7 cm³/mol. The molecule has 0 unspecified atom stereocenters. The van der Waals surface area contributed by atoms with E-state index in [0.717, 1.165) is 21.1 Å². The first-order chi connectivity index (χ1) is 6.63. The normalized spacial score (nSPS) is 10.9. The summed E-state index contributed by atoms with van der Waals surface area (Å²) in [6.45, 7) is 4.09. The number of aromatic nitrogens is 1. The van der Waals surface area contributed by atoms with E-state index < -0.39 is 0 Å². The fourth-order valence-electron chi connectivity index (χ4n) is 1.38. The summed E-state index contributed by atoms with van der Waals surface area (Å²) < 4.78 is 6.61. The largest absolute Gasteiger partial charge is 0.423 e. The number of hydrogen-bond acceptors (Lipinski definition) is 3. The highest BCUT2D eigenvalue weighted by Gasteiger charge is 2.11. The van der Waals surface area contributed by atoms with E-state index in [4.69, 9.17) is 4.42 Å². The molecular weight excluding hydrogens is 244 g/mol. The number of oxazole rings is 1. The molecule has 2 aromatic rings. The van der Waals surface area contributed by atoms with E-state index >= 15 is 0 Å². The van der Waals surface area contributed by atoms with Gasteiger partial charge < -0.3 is 9.73 Å². The number of nitrogens with one attached hydrogen (secondary N) is 1. The number of aryl methyl sites for hydroxylation is 1. The fraction of sp³-hybridized carbons (Fsp3) is 0.300. The van der Waals surface area contributed by atoms with Crippen LogP contribution in [0.2, 0.25) is 0 Å². The topological polar surface area (TPSA) is 38.1 Å². The fourth-order valence-corrected chi connectivity index (χ4v) is 1.90. The second-order valence-corrected chi connectivity index (χ2v) is 4.08. The minimum Gasteiger partial charge on any atom is -0.423 e. The van der Waals surface area contributed by atoms with Crippen molar-refractivity contribution >= 4 is 33.0 Å². The third-order valence-electron chi connectivity index (χ3n) is 2.39. The third-order valence-corrected chi connectivity index (χ3v) is 3.22. The van der Waals surface area contributed by atoms with Crippen molar-refractivity contribution in [2.24, 2.45) is 0 Å². The lowest BCUT2D eigenvalue weighted by Gasteiger charge is -2.01. The van der Waals surface area contributed by atoms with Crippen molar-refractivity contribution in [3.63, 3.8) is 0 Å². The van der Waals surface area contributed by atoms with Crippen molar-refractivity contribution in [2.75, 3.05) is 12.4 Å². The summed E-state index contributed by atoms with van der Waals surface area (Å²) in [6, 6.07) is 2.53. The molecule has 1 aromatic heterocycles. The number of fused-ring (bicyclic) bond motifs is 1. The van der Waals surface area contributed by atoms with Crippen LogP contribution >= 0.6 is 15.9 Å². The molecule has 0 aliphatic carbocycles. The van der Waals surface area contributed by atoms with Gasteiger partial charge in [0.15, 0.2) is 5.58 Å². The first-order valence-electron chi connectivity index (χ1n) is 4.37. The Balaban J connectivity index is 2.81. The van der Waals surface area contributed by atoms with Gasteiger partial charge in [-0.15, -0.1) is 0 Å². The quantitative estimate of drug-likeness (QED) is 0.849. The lowest BCUT2D eigenvalue weighted by Crippen LogP contribution is -1.85. The maximum absolute atomic E-state index is 5.54. The van der Waals surface area contributed by atoms with Crippen LogP contribution in [0.4, 0.5) is 6.01 Å². The maximum Gasteiger partial charge on any atom is 0.295 e. The van der Waals surface area contributed by atoms with Gasteiger partial charge in [0.2, 0.25) is 0 Å². The van der Waals surface area contributed by atoms with Crippen LogP contribution in [0.25, 0.3) is 11.1 Å². The van der Waals surface area contributed by atoms with Crippen LogP contribution in [0, 0.1) is 13.8 Å². The van der Waals surface area contributed by atoms with Crippen molar-refractivity contribution in [3.05, 3.63) is 21.7 Å². The van der Waals surface area contributed by atoms with E-state index in [-0.39, 0.29) is 0 Å². The molecule has 0 saturated carbocycles. The number of nitrogens with zero attached hydrogens (tertiary/aromatic N) is 1. The second kappa shape index (κ2) is 3.28. The summed E-state index contributed by atoms with van der Waals surface area (Å²) in [5, 5.41) is 2.89. The molecule has 0 bridgehead atoms. The highest BCUT2D eigenvalue weighted by Crippen LogP contribution is 2.29. The molecule has 1 heterocycles. The van der Waals surface area contributed by atoms with Gasteiger partial charge >= 0.3 is 0 Å². The van der Waals surface area contributed by atoms with E-state index in [9.17, 15) is 0 Å². The summed E-state index contributed by atoms with van der Waals surface area (Å²) in [6.07, 6.45) is 0. The summed E-state index contributed by atoms with van der Waals surface area (Å²) in [5.41, 5.74) is 4.05. The zero-order valence-corrected chi connectivity index (χ0v) is 9.90. The smallest absolute Gasteiger partial charge is 0.295 e. The SMILES string of the molecule is CNc1nc2cc(Br)c(C)c(C)c2o1. The molecule has 74 valence electrons. The molecule has 2 rings (SSSR count). The van der Waals surface area contributed by atoms with Crippen LogP contribution in [-0.2, 0) is 0 Å². The number of hydrogen-bond donors (Lipinski definition) is 1. The average molecular weight is 255 g/mol. The molecule has 0 aliphatic rings. The van der Waals surface area contributed by atoms with Crippen LogP contribution in [-0.4, -0.2) is 12.0 Å². The minimum absolute atomic E-state index is 0.556. The van der Waals surface area contributed by atoms with Crippen molar-refractivity contribution < 1.29 is 4.42 Å². The Bertz CT molecular complexity index is 490. The molecule has 0 fully saturated rings. The standard InChI is InChI=1S/C10H11BrN2O/c1-5-6(2)9-8(4-7(5)11)13-10(12-3)14-9/h4H,1-3H3,(H,12,13). The van der Waals surface area contributed by atoms with Crippen molar-refractivity contribution in [3.8, 4) is 0 Å². The van der Waals surface area contributed by atoms with Gasteiger partial charge in [0, 0.05) is 11.5 Å². The number of rotatable bonds is 1. The number of halogens is 1. The van der Waals surface area contributed by atoms with Gasteiger partial charge in [0.25, 0.3) is 6.01 Å². The van der Waals surface area contributed by atoms with Crippen LogP contribution in [0.3, 0.4) is 0 Å². The molecule has 0 spiro atoms. The molecule has 0 saturated heterocycles. The van der Waals surface area contributed by atoms with Crippen LogP contribution in [0.1, 0.15) is 11.1 Å². The molecule has 0 amide bonds.